The van der Waals surface area contributed by atoms with E-state index < -0.39 is 5.54 Å². The molecule has 0 aliphatic carbocycles. The summed E-state index contributed by atoms with van der Waals surface area (Å²) in [5.74, 6) is -0.301. The van der Waals surface area contributed by atoms with Crippen molar-refractivity contribution in [1.29, 1.82) is 0 Å². The summed E-state index contributed by atoms with van der Waals surface area (Å²) >= 11 is 0. The van der Waals surface area contributed by atoms with Crippen LogP contribution < -0.4 is 11.5 Å². The van der Waals surface area contributed by atoms with Crippen LogP contribution in [-0.2, 0) is 4.79 Å². The Morgan fingerprint density at radius 2 is 2.21 bits per heavy atom. The molecule has 0 aromatic carbocycles. The lowest BCUT2D eigenvalue weighted by molar-refractivity contribution is -0.119. The quantitative estimate of drug-likeness (QED) is 0.675. The Morgan fingerprint density at radius 1 is 1.64 bits per heavy atom. The van der Waals surface area contributed by atoms with Crippen LogP contribution in [0.15, 0.2) is 0 Å². The van der Waals surface area contributed by atoms with Gasteiger partial charge in [0, 0.05) is 30.6 Å². The van der Waals surface area contributed by atoms with Crippen LogP contribution in [-0.4, -0.2) is 35.0 Å². The summed E-state index contributed by atoms with van der Waals surface area (Å²) in [6, 6.07) is 0.707. The summed E-state index contributed by atoms with van der Waals surface area (Å²) < 4.78 is 0. The van der Waals surface area contributed by atoms with Crippen molar-refractivity contribution in [2.75, 3.05) is 6.54 Å². The van der Waals surface area contributed by atoms with Crippen LogP contribution in [0.2, 0.25) is 0 Å². The first kappa shape index (κ1) is 11.5. The number of hydrogen-bond acceptors (Lipinski definition) is 3. The number of nitrogens with zero attached hydrogens (tertiary/aromatic N) is 1. The first-order chi connectivity index (χ1) is 6.37. The Bertz CT molecular complexity index is 229. The summed E-state index contributed by atoms with van der Waals surface area (Å²) in [6.07, 6.45) is 1.15. The van der Waals surface area contributed by atoms with Gasteiger partial charge in [-0.1, -0.05) is 0 Å². The molecule has 1 fully saturated rings. The third kappa shape index (κ3) is 2.07. The van der Waals surface area contributed by atoms with Crippen LogP contribution in [0.25, 0.3) is 0 Å². The molecule has 0 bridgehead atoms. The molecule has 0 saturated carbocycles. The lowest BCUT2D eigenvalue weighted by Crippen LogP contribution is -2.53. The van der Waals surface area contributed by atoms with Gasteiger partial charge in [0.25, 0.3) is 0 Å². The lowest BCUT2D eigenvalue weighted by atomic mass is 9.88. The number of carbonyl (C=O) groups is 1. The molecule has 0 radical (unpaired) electrons. The molecule has 1 heterocycles. The normalized spacial score (nSPS) is 33.9. The predicted octanol–water partition coefficient (Wildman–Crippen LogP) is 0.0619. The fraction of sp³-hybridized carbons (Fsp3) is 0.900. The highest BCUT2D eigenvalue weighted by Gasteiger charge is 2.43. The second kappa shape index (κ2) is 3.87. The maximum atomic E-state index is 10.9. The second-order valence-corrected chi connectivity index (χ2v) is 4.63. The van der Waals surface area contributed by atoms with Crippen molar-refractivity contribution >= 4 is 5.91 Å². The first-order valence-electron chi connectivity index (χ1n) is 5.20. The molecule has 1 aliphatic rings. The van der Waals surface area contributed by atoms with Crippen molar-refractivity contribution in [3.05, 3.63) is 0 Å². The average molecular weight is 199 g/mol. The van der Waals surface area contributed by atoms with E-state index in [1.807, 2.05) is 0 Å². The predicted molar refractivity (Wildman–Crippen MR) is 56.7 cm³/mol. The number of amides is 1. The zero-order valence-electron chi connectivity index (χ0n) is 9.29. The minimum atomic E-state index is -0.421. The van der Waals surface area contributed by atoms with E-state index in [1.165, 1.54) is 0 Å². The number of primary amides is 1. The monoisotopic (exact) mass is 199 g/mol. The smallest absolute Gasteiger partial charge is 0.219 e. The van der Waals surface area contributed by atoms with E-state index in [9.17, 15) is 4.79 Å². The fourth-order valence-electron chi connectivity index (χ4n) is 2.34. The molecule has 82 valence electrons. The van der Waals surface area contributed by atoms with Gasteiger partial charge in [-0.15, -0.1) is 0 Å². The van der Waals surface area contributed by atoms with Gasteiger partial charge < -0.3 is 11.5 Å². The van der Waals surface area contributed by atoms with E-state index >= 15 is 0 Å². The van der Waals surface area contributed by atoms with E-state index in [0.29, 0.717) is 6.04 Å². The molecule has 4 N–H and O–H groups in total. The molecule has 1 saturated heterocycles. The summed E-state index contributed by atoms with van der Waals surface area (Å²) in [4.78, 5) is 13.2. The molecule has 1 rings (SSSR count). The van der Waals surface area contributed by atoms with Crippen molar-refractivity contribution in [2.24, 2.45) is 11.5 Å². The van der Waals surface area contributed by atoms with E-state index in [4.69, 9.17) is 11.5 Å². The molecule has 0 aromatic rings. The van der Waals surface area contributed by atoms with Crippen LogP contribution in [0, 0.1) is 0 Å². The summed E-state index contributed by atoms with van der Waals surface area (Å²) in [7, 11) is 0. The number of nitrogens with two attached hydrogens (primary N) is 2. The maximum absolute atomic E-state index is 10.9. The molecule has 1 amide bonds. The Morgan fingerprint density at radius 3 is 2.57 bits per heavy atom. The molecule has 2 atom stereocenters. The second-order valence-electron chi connectivity index (χ2n) is 4.63. The molecule has 0 aromatic heterocycles. The Kier molecular flexibility index (Phi) is 3.17. The highest BCUT2D eigenvalue weighted by molar-refractivity contribution is 5.75. The van der Waals surface area contributed by atoms with Crippen LogP contribution in [0.1, 0.15) is 33.6 Å². The van der Waals surface area contributed by atoms with Crippen LogP contribution in [0.3, 0.4) is 0 Å². The molecular formula is C10H21N3O. The number of rotatable bonds is 3. The molecule has 4 nitrogen and oxygen atoms in total. The number of carbonyl (C=O) groups excluding carboxylic acids is 1. The molecule has 0 spiro atoms. The van der Waals surface area contributed by atoms with E-state index in [1.54, 1.807) is 0 Å². The topological polar surface area (TPSA) is 72.3 Å². The molecular weight excluding hydrogens is 178 g/mol. The highest BCUT2D eigenvalue weighted by Crippen LogP contribution is 2.30. The van der Waals surface area contributed by atoms with E-state index in [0.717, 1.165) is 13.0 Å². The van der Waals surface area contributed by atoms with Crippen molar-refractivity contribution in [2.45, 2.75) is 51.2 Å². The van der Waals surface area contributed by atoms with Gasteiger partial charge in [-0.2, -0.15) is 0 Å². The zero-order chi connectivity index (χ0) is 10.9. The third-order valence-corrected chi connectivity index (χ3v) is 3.33. The van der Waals surface area contributed by atoms with Crippen LogP contribution >= 0.6 is 0 Å². The highest BCUT2D eigenvalue weighted by atomic mass is 16.1. The van der Waals surface area contributed by atoms with Gasteiger partial charge in [0.2, 0.25) is 5.91 Å². The van der Waals surface area contributed by atoms with Crippen molar-refractivity contribution in [1.82, 2.24) is 4.90 Å². The summed E-state index contributed by atoms with van der Waals surface area (Å²) in [6.45, 7) is 7.33. The Balaban J connectivity index is 2.70. The van der Waals surface area contributed by atoms with Gasteiger partial charge in [-0.05, 0) is 27.2 Å². The minimum absolute atomic E-state index is 0.231. The summed E-state index contributed by atoms with van der Waals surface area (Å²) in [5, 5.41) is 0. The van der Waals surface area contributed by atoms with Crippen molar-refractivity contribution < 1.29 is 4.79 Å². The van der Waals surface area contributed by atoms with E-state index in [-0.39, 0.29) is 18.4 Å². The van der Waals surface area contributed by atoms with Crippen LogP contribution in [0.4, 0.5) is 0 Å². The van der Waals surface area contributed by atoms with Gasteiger partial charge >= 0.3 is 0 Å². The average Bonchev–Trinajstić information content (AvgIpc) is 2.27. The molecule has 2 unspecified atom stereocenters. The van der Waals surface area contributed by atoms with Gasteiger partial charge in [0.1, 0.15) is 0 Å². The van der Waals surface area contributed by atoms with Crippen molar-refractivity contribution in [3.63, 3.8) is 0 Å². The van der Waals surface area contributed by atoms with Gasteiger partial charge in [0.05, 0.1) is 0 Å². The molecule has 1 aliphatic heterocycles. The van der Waals surface area contributed by atoms with Crippen LogP contribution in [0.5, 0.6) is 0 Å². The zero-order valence-corrected chi connectivity index (χ0v) is 9.29. The Labute approximate surface area is 85.6 Å². The van der Waals surface area contributed by atoms with Gasteiger partial charge in [0.15, 0.2) is 0 Å². The van der Waals surface area contributed by atoms with Gasteiger partial charge in [-0.25, -0.2) is 0 Å². The van der Waals surface area contributed by atoms with Gasteiger partial charge in [-0.3, -0.25) is 9.69 Å². The largest absolute Gasteiger partial charge is 0.370 e. The molecule has 14 heavy (non-hydrogen) atoms. The Hall–Kier alpha value is -0.610. The SMILES string of the molecule is CC(C)N1CCC(N)(CC(N)=O)C1C. The molecule has 4 heteroatoms. The lowest BCUT2D eigenvalue weighted by Gasteiger charge is -2.33. The van der Waals surface area contributed by atoms with E-state index in [2.05, 4.69) is 25.7 Å². The minimum Gasteiger partial charge on any atom is -0.370 e. The standard InChI is InChI=1S/C10H21N3O/c1-7(2)13-5-4-10(12,8(13)3)6-9(11)14/h7-8H,4-6,12H2,1-3H3,(H2,11,14). The first-order valence-corrected chi connectivity index (χ1v) is 5.20. The van der Waals surface area contributed by atoms with Crippen molar-refractivity contribution in [3.8, 4) is 0 Å². The summed E-state index contributed by atoms with van der Waals surface area (Å²) in [5.41, 5.74) is 11.0. The maximum Gasteiger partial charge on any atom is 0.219 e. The fourth-order valence-corrected chi connectivity index (χ4v) is 2.34. The third-order valence-electron chi connectivity index (χ3n) is 3.33. The number of likely N-dealkylation sites (tertiary alicyclic amines) is 1. The number of hydrogen-bond donors (Lipinski definition) is 2.